The summed E-state index contributed by atoms with van der Waals surface area (Å²) in [5.41, 5.74) is 2.62. The third-order valence-electron chi connectivity index (χ3n) is 1.93. The van der Waals surface area contributed by atoms with Crippen LogP contribution >= 0.6 is 11.3 Å². The lowest BCUT2D eigenvalue weighted by molar-refractivity contribution is 1.35. The van der Waals surface area contributed by atoms with Crippen LogP contribution in [-0.2, 0) is 0 Å². The van der Waals surface area contributed by atoms with E-state index in [0.717, 1.165) is 16.1 Å². The smallest absolute Gasteiger partial charge is 0.0907 e. The minimum atomic E-state index is 0.605. The highest BCUT2D eigenvalue weighted by Crippen LogP contribution is 2.22. The van der Waals surface area contributed by atoms with Gasteiger partial charge in [0.25, 0.3) is 0 Å². The first-order valence-electron chi connectivity index (χ1n) is 4.09. The van der Waals surface area contributed by atoms with Crippen LogP contribution in [0.5, 0.6) is 0 Å². The van der Waals surface area contributed by atoms with Gasteiger partial charge in [0.15, 0.2) is 0 Å². The molecule has 0 saturated carbocycles. The van der Waals surface area contributed by atoms with Gasteiger partial charge in [-0.1, -0.05) is 6.07 Å². The van der Waals surface area contributed by atoms with Gasteiger partial charge in [-0.05, 0) is 31.5 Å². The zero-order chi connectivity index (χ0) is 9.42. The van der Waals surface area contributed by atoms with Crippen molar-refractivity contribution in [3.8, 4) is 0 Å². The van der Waals surface area contributed by atoms with Crippen LogP contribution in [0.25, 0.3) is 10.2 Å². The molecule has 66 valence electrons. The molecular weight excluding hydrogens is 180 g/mol. The maximum Gasteiger partial charge on any atom is 0.0907 e. The van der Waals surface area contributed by atoms with Crippen molar-refractivity contribution in [1.29, 1.82) is 5.41 Å². The topological polar surface area (TPSA) is 36.7 Å². The van der Waals surface area contributed by atoms with E-state index >= 15 is 0 Å². The zero-order valence-electron chi connectivity index (χ0n) is 7.59. The lowest BCUT2D eigenvalue weighted by Crippen LogP contribution is -1.89. The predicted molar refractivity (Wildman–Crippen MR) is 56.9 cm³/mol. The van der Waals surface area contributed by atoms with Crippen molar-refractivity contribution in [2.45, 2.75) is 13.8 Å². The zero-order valence-corrected chi connectivity index (χ0v) is 8.40. The maximum atomic E-state index is 7.50. The second kappa shape index (κ2) is 2.92. The van der Waals surface area contributed by atoms with Gasteiger partial charge in [-0.25, -0.2) is 4.98 Å². The van der Waals surface area contributed by atoms with E-state index in [4.69, 9.17) is 5.41 Å². The molecule has 1 aromatic heterocycles. The van der Waals surface area contributed by atoms with Gasteiger partial charge in [-0.3, -0.25) is 0 Å². The van der Waals surface area contributed by atoms with E-state index in [1.807, 2.05) is 25.1 Å². The number of hydrogen-bond acceptors (Lipinski definition) is 3. The number of benzene rings is 1. The molecule has 0 fully saturated rings. The van der Waals surface area contributed by atoms with Crippen molar-refractivity contribution in [1.82, 2.24) is 4.98 Å². The van der Waals surface area contributed by atoms with Gasteiger partial charge in [0.05, 0.1) is 15.2 Å². The molecule has 0 amide bonds. The van der Waals surface area contributed by atoms with Crippen molar-refractivity contribution in [3.05, 3.63) is 28.8 Å². The quantitative estimate of drug-likeness (QED) is 0.689. The maximum absolute atomic E-state index is 7.50. The molecule has 1 aromatic carbocycles. The highest BCUT2D eigenvalue weighted by atomic mass is 32.1. The first-order chi connectivity index (χ1) is 6.16. The van der Waals surface area contributed by atoms with Crippen LogP contribution in [0.1, 0.15) is 17.5 Å². The molecule has 2 aromatic rings. The summed E-state index contributed by atoms with van der Waals surface area (Å²) in [5, 5.41) is 8.58. The average Bonchev–Trinajstić information content (AvgIpc) is 2.42. The molecule has 0 radical (unpaired) electrons. The van der Waals surface area contributed by atoms with Crippen molar-refractivity contribution in [2.24, 2.45) is 0 Å². The van der Waals surface area contributed by atoms with Crippen LogP contribution in [0, 0.1) is 12.3 Å². The van der Waals surface area contributed by atoms with E-state index < -0.39 is 0 Å². The molecule has 0 aliphatic carbocycles. The Kier molecular flexibility index (Phi) is 1.88. The molecule has 0 aliphatic rings. The number of aromatic nitrogens is 1. The van der Waals surface area contributed by atoms with Gasteiger partial charge in [0, 0.05) is 5.71 Å². The molecule has 0 unspecified atom stereocenters. The standard InChI is InChI=1S/C10H10N2S/c1-6(11)8-3-4-9-10(5-8)13-7(2)12-9/h3-5,11H,1-2H3. The van der Waals surface area contributed by atoms with E-state index in [2.05, 4.69) is 4.98 Å². The highest BCUT2D eigenvalue weighted by Gasteiger charge is 2.02. The van der Waals surface area contributed by atoms with Crippen LogP contribution in [0.2, 0.25) is 0 Å². The summed E-state index contributed by atoms with van der Waals surface area (Å²) >= 11 is 1.68. The summed E-state index contributed by atoms with van der Waals surface area (Å²) in [6.07, 6.45) is 0. The summed E-state index contributed by atoms with van der Waals surface area (Å²) in [4.78, 5) is 4.36. The number of thiazole rings is 1. The van der Waals surface area contributed by atoms with Crippen LogP contribution in [0.4, 0.5) is 0 Å². The second-order valence-corrected chi connectivity index (χ2v) is 4.28. The Labute approximate surface area is 80.8 Å². The molecule has 0 atom stereocenters. The number of fused-ring (bicyclic) bond motifs is 1. The van der Waals surface area contributed by atoms with Gasteiger partial charge in [-0.2, -0.15) is 0 Å². The Balaban J connectivity index is 2.67. The molecule has 0 aliphatic heterocycles. The van der Waals surface area contributed by atoms with Crippen molar-refractivity contribution in [2.75, 3.05) is 0 Å². The van der Waals surface area contributed by atoms with Crippen molar-refractivity contribution >= 4 is 27.3 Å². The Morgan fingerprint density at radius 2 is 2.23 bits per heavy atom. The summed E-state index contributed by atoms with van der Waals surface area (Å²) < 4.78 is 1.17. The molecule has 2 rings (SSSR count). The molecule has 0 spiro atoms. The number of nitrogens with zero attached hydrogens (tertiary/aromatic N) is 1. The summed E-state index contributed by atoms with van der Waals surface area (Å²) in [5.74, 6) is 0. The Morgan fingerprint density at radius 3 is 2.92 bits per heavy atom. The van der Waals surface area contributed by atoms with Gasteiger partial charge in [0.1, 0.15) is 0 Å². The van der Waals surface area contributed by atoms with Gasteiger partial charge in [0.2, 0.25) is 0 Å². The Hall–Kier alpha value is -1.22. The summed E-state index contributed by atoms with van der Waals surface area (Å²) in [6, 6.07) is 5.96. The van der Waals surface area contributed by atoms with Crippen molar-refractivity contribution < 1.29 is 0 Å². The van der Waals surface area contributed by atoms with E-state index in [0.29, 0.717) is 5.71 Å². The summed E-state index contributed by atoms with van der Waals surface area (Å²) in [7, 11) is 0. The largest absolute Gasteiger partial charge is 0.305 e. The molecule has 2 nitrogen and oxygen atoms in total. The molecule has 13 heavy (non-hydrogen) atoms. The molecule has 1 heterocycles. The van der Waals surface area contributed by atoms with Crippen LogP contribution in [0.3, 0.4) is 0 Å². The fraction of sp³-hybridized carbons (Fsp3) is 0.200. The Morgan fingerprint density at radius 1 is 1.46 bits per heavy atom. The second-order valence-electron chi connectivity index (χ2n) is 3.04. The normalized spacial score (nSPS) is 10.6. The SMILES string of the molecule is CC(=N)c1ccc2nc(C)sc2c1. The third-order valence-corrected chi connectivity index (χ3v) is 2.86. The molecule has 1 N–H and O–H groups in total. The fourth-order valence-electron chi connectivity index (χ4n) is 1.27. The van der Waals surface area contributed by atoms with Crippen LogP contribution in [-0.4, -0.2) is 10.7 Å². The molecular formula is C10H10N2S. The molecule has 0 bridgehead atoms. The van der Waals surface area contributed by atoms with Crippen molar-refractivity contribution in [3.63, 3.8) is 0 Å². The molecule has 3 heteroatoms. The monoisotopic (exact) mass is 190 g/mol. The average molecular weight is 190 g/mol. The lowest BCUT2D eigenvalue weighted by atomic mass is 10.1. The number of rotatable bonds is 1. The lowest BCUT2D eigenvalue weighted by Gasteiger charge is -1.95. The van der Waals surface area contributed by atoms with Crippen LogP contribution in [0.15, 0.2) is 18.2 Å². The van der Waals surface area contributed by atoms with E-state index in [9.17, 15) is 0 Å². The third kappa shape index (κ3) is 1.47. The van der Waals surface area contributed by atoms with E-state index in [1.54, 1.807) is 18.3 Å². The first kappa shape index (κ1) is 8.38. The van der Waals surface area contributed by atoms with E-state index in [1.165, 1.54) is 4.70 Å². The van der Waals surface area contributed by atoms with Gasteiger partial charge >= 0.3 is 0 Å². The first-order valence-corrected chi connectivity index (χ1v) is 4.91. The predicted octanol–water partition coefficient (Wildman–Crippen LogP) is 2.99. The number of hydrogen-bond donors (Lipinski definition) is 1. The summed E-state index contributed by atoms with van der Waals surface area (Å²) in [6.45, 7) is 3.80. The minimum absolute atomic E-state index is 0.605. The molecule has 0 saturated heterocycles. The van der Waals surface area contributed by atoms with Crippen LogP contribution < -0.4 is 0 Å². The van der Waals surface area contributed by atoms with Gasteiger partial charge in [-0.15, -0.1) is 11.3 Å². The Bertz CT molecular complexity index is 471. The number of aryl methyl sites for hydroxylation is 1. The highest BCUT2D eigenvalue weighted by molar-refractivity contribution is 7.18. The minimum Gasteiger partial charge on any atom is -0.305 e. The fourth-order valence-corrected chi connectivity index (χ4v) is 2.14. The van der Waals surface area contributed by atoms with E-state index in [-0.39, 0.29) is 0 Å². The van der Waals surface area contributed by atoms with Gasteiger partial charge < -0.3 is 5.41 Å². The number of nitrogens with one attached hydrogen (secondary N) is 1.